The van der Waals surface area contributed by atoms with Crippen LogP contribution in [-0.4, -0.2) is 25.7 Å². The van der Waals surface area contributed by atoms with Gasteiger partial charge in [-0.25, -0.2) is 0 Å². The lowest BCUT2D eigenvalue weighted by Crippen LogP contribution is -2.57. The Hall–Kier alpha value is -0.570. The Morgan fingerprint density at radius 1 is 1.38 bits per heavy atom. The molecule has 1 N–H and O–H groups in total. The number of carbonyl (C=O) groups is 1. The topological polar surface area (TPSA) is 38.3 Å². The minimum Gasteiger partial charge on any atom is -0.468 e. The van der Waals surface area contributed by atoms with Gasteiger partial charge in [-0.2, -0.15) is 0 Å². The molecule has 0 aromatic rings. The minimum atomic E-state index is -0.470. The summed E-state index contributed by atoms with van der Waals surface area (Å²) in [7, 11) is 3.29. The van der Waals surface area contributed by atoms with Gasteiger partial charge >= 0.3 is 5.97 Å². The Kier molecular flexibility index (Phi) is 2.66. The Morgan fingerprint density at radius 2 is 2.00 bits per heavy atom. The lowest BCUT2D eigenvalue weighted by molar-refractivity contribution is -0.152. The highest BCUT2D eigenvalue weighted by Crippen LogP contribution is 2.46. The van der Waals surface area contributed by atoms with E-state index in [0.717, 1.165) is 19.3 Å². The molecule has 0 aromatic carbocycles. The van der Waals surface area contributed by atoms with Crippen molar-refractivity contribution in [3.8, 4) is 0 Å². The maximum absolute atomic E-state index is 11.7. The average molecular weight is 185 g/mol. The number of ether oxygens (including phenoxy) is 1. The van der Waals surface area contributed by atoms with E-state index in [1.54, 1.807) is 0 Å². The summed E-state index contributed by atoms with van der Waals surface area (Å²) in [5, 5.41) is 3.14. The number of carbonyl (C=O) groups excluding carboxylic acids is 1. The number of esters is 1. The Bertz CT molecular complexity index is 213. The SMILES string of the molecule is CNC1(C(=O)OC)CCCC1(C)C. The average Bonchev–Trinajstić information content (AvgIpc) is 2.40. The van der Waals surface area contributed by atoms with Crippen LogP contribution in [0.3, 0.4) is 0 Å². The first-order valence-corrected chi connectivity index (χ1v) is 4.77. The summed E-state index contributed by atoms with van der Waals surface area (Å²) in [5.41, 5.74) is -0.476. The summed E-state index contributed by atoms with van der Waals surface area (Å²) < 4.78 is 4.86. The van der Waals surface area contributed by atoms with E-state index in [2.05, 4.69) is 19.2 Å². The predicted octanol–water partition coefficient (Wildman–Crippen LogP) is 1.33. The van der Waals surface area contributed by atoms with E-state index < -0.39 is 5.54 Å². The van der Waals surface area contributed by atoms with Crippen LogP contribution >= 0.6 is 0 Å². The molecule has 76 valence electrons. The van der Waals surface area contributed by atoms with Crippen LogP contribution in [0.2, 0.25) is 0 Å². The monoisotopic (exact) mass is 185 g/mol. The molecule has 1 aliphatic carbocycles. The molecule has 1 unspecified atom stereocenters. The van der Waals surface area contributed by atoms with E-state index in [0.29, 0.717) is 0 Å². The smallest absolute Gasteiger partial charge is 0.326 e. The van der Waals surface area contributed by atoms with Crippen molar-refractivity contribution in [1.82, 2.24) is 5.32 Å². The van der Waals surface area contributed by atoms with Gasteiger partial charge in [0.1, 0.15) is 5.54 Å². The number of nitrogens with one attached hydrogen (secondary N) is 1. The van der Waals surface area contributed by atoms with Crippen LogP contribution < -0.4 is 5.32 Å². The van der Waals surface area contributed by atoms with Crippen LogP contribution in [0.5, 0.6) is 0 Å². The molecule has 0 bridgehead atoms. The second-order valence-electron chi connectivity index (χ2n) is 4.38. The van der Waals surface area contributed by atoms with Gasteiger partial charge in [0.25, 0.3) is 0 Å². The Morgan fingerprint density at radius 3 is 2.31 bits per heavy atom. The molecule has 0 spiro atoms. The van der Waals surface area contributed by atoms with Crippen molar-refractivity contribution in [2.24, 2.45) is 5.41 Å². The number of methoxy groups -OCH3 is 1. The molecule has 0 amide bonds. The van der Waals surface area contributed by atoms with Gasteiger partial charge in [0.15, 0.2) is 0 Å². The molecule has 3 nitrogen and oxygen atoms in total. The van der Waals surface area contributed by atoms with Crippen molar-refractivity contribution in [2.75, 3.05) is 14.2 Å². The van der Waals surface area contributed by atoms with Crippen LogP contribution in [-0.2, 0) is 9.53 Å². The number of hydrogen-bond donors (Lipinski definition) is 1. The van der Waals surface area contributed by atoms with E-state index in [9.17, 15) is 4.79 Å². The van der Waals surface area contributed by atoms with E-state index >= 15 is 0 Å². The Balaban J connectivity index is 2.98. The van der Waals surface area contributed by atoms with Crippen molar-refractivity contribution >= 4 is 5.97 Å². The molecule has 1 saturated carbocycles. The van der Waals surface area contributed by atoms with Gasteiger partial charge < -0.3 is 10.1 Å². The summed E-state index contributed by atoms with van der Waals surface area (Å²) in [6.07, 6.45) is 3.04. The highest BCUT2D eigenvalue weighted by Gasteiger charge is 2.54. The zero-order chi connectivity index (χ0) is 10.1. The van der Waals surface area contributed by atoms with Gasteiger partial charge in [0.2, 0.25) is 0 Å². The van der Waals surface area contributed by atoms with Crippen molar-refractivity contribution < 1.29 is 9.53 Å². The lowest BCUT2D eigenvalue weighted by atomic mass is 9.75. The maximum atomic E-state index is 11.7. The largest absolute Gasteiger partial charge is 0.468 e. The van der Waals surface area contributed by atoms with Gasteiger partial charge in [-0.15, -0.1) is 0 Å². The third-order valence-electron chi connectivity index (χ3n) is 3.47. The Labute approximate surface area is 79.8 Å². The first-order valence-electron chi connectivity index (χ1n) is 4.77. The molecule has 1 atom stereocenters. The van der Waals surface area contributed by atoms with E-state index in [1.165, 1.54) is 7.11 Å². The molecular weight excluding hydrogens is 166 g/mol. The fraction of sp³-hybridized carbons (Fsp3) is 0.900. The van der Waals surface area contributed by atoms with Crippen molar-refractivity contribution in [1.29, 1.82) is 0 Å². The summed E-state index contributed by atoms with van der Waals surface area (Å²) in [6, 6.07) is 0. The maximum Gasteiger partial charge on any atom is 0.326 e. The van der Waals surface area contributed by atoms with Crippen LogP contribution in [0.15, 0.2) is 0 Å². The molecular formula is C10H19NO2. The number of likely N-dealkylation sites (N-methyl/N-ethyl adjacent to an activating group) is 1. The van der Waals surface area contributed by atoms with Gasteiger partial charge in [0, 0.05) is 0 Å². The van der Waals surface area contributed by atoms with E-state index in [1.807, 2.05) is 7.05 Å². The van der Waals surface area contributed by atoms with Crippen molar-refractivity contribution in [2.45, 2.75) is 38.6 Å². The normalized spacial score (nSPS) is 31.7. The van der Waals surface area contributed by atoms with Crippen LogP contribution in [0.4, 0.5) is 0 Å². The van der Waals surface area contributed by atoms with Crippen LogP contribution in [0, 0.1) is 5.41 Å². The second-order valence-corrected chi connectivity index (χ2v) is 4.38. The molecule has 1 rings (SSSR count). The molecule has 0 aromatic heterocycles. The first-order chi connectivity index (χ1) is 6.00. The van der Waals surface area contributed by atoms with Crippen LogP contribution in [0.1, 0.15) is 33.1 Å². The number of hydrogen-bond acceptors (Lipinski definition) is 3. The summed E-state index contributed by atoms with van der Waals surface area (Å²) >= 11 is 0. The molecule has 1 fully saturated rings. The third kappa shape index (κ3) is 1.35. The molecule has 13 heavy (non-hydrogen) atoms. The van der Waals surface area contributed by atoms with Crippen molar-refractivity contribution in [3.63, 3.8) is 0 Å². The lowest BCUT2D eigenvalue weighted by Gasteiger charge is -2.38. The highest BCUT2D eigenvalue weighted by atomic mass is 16.5. The molecule has 0 saturated heterocycles. The van der Waals surface area contributed by atoms with Crippen LogP contribution in [0.25, 0.3) is 0 Å². The molecule has 0 heterocycles. The zero-order valence-corrected chi connectivity index (χ0v) is 8.94. The zero-order valence-electron chi connectivity index (χ0n) is 8.94. The van der Waals surface area contributed by atoms with E-state index in [-0.39, 0.29) is 11.4 Å². The molecule has 0 radical (unpaired) electrons. The molecule has 3 heteroatoms. The fourth-order valence-corrected chi connectivity index (χ4v) is 2.47. The van der Waals surface area contributed by atoms with Gasteiger partial charge in [-0.1, -0.05) is 20.3 Å². The second kappa shape index (κ2) is 3.29. The van der Waals surface area contributed by atoms with Gasteiger partial charge in [-0.05, 0) is 25.3 Å². The van der Waals surface area contributed by atoms with Crippen molar-refractivity contribution in [3.05, 3.63) is 0 Å². The highest BCUT2D eigenvalue weighted by molar-refractivity contribution is 5.82. The number of rotatable bonds is 2. The molecule has 0 aliphatic heterocycles. The standard InChI is InChI=1S/C10H19NO2/c1-9(2)6-5-7-10(9,11-3)8(12)13-4/h11H,5-7H2,1-4H3. The molecule has 1 aliphatic rings. The van der Waals surface area contributed by atoms with Gasteiger partial charge in [-0.3, -0.25) is 4.79 Å². The summed E-state index contributed by atoms with van der Waals surface area (Å²) in [5.74, 6) is -0.127. The van der Waals surface area contributed by atoms with Gasteiger partial charge in [0.05, 0.1) is 7.11 Å². The summed E-state index contributed by atoms with van der Waals surface area (Å²) in [4.78, 5) is 11.7. The predicted molar refractivity (Wildman–Crippen MR) is 51.4 cm³/mol. The quantitative estimate of drug-likeness (QED) is 0.659. The summed E-state index contributed by atoms with van der Waals surface area (Å²) in [6.45, 7) is 4.24. The minimum absolute atomic E-state index is 0.00512. The fourth-order valence-electron chi connectivity index (χ4n) is 2.47. The first kappa shape index (κ1) is 10.5. The van der Waals surface area contributed by atoms with E-state index in [4.69, 9.17) is 4.74 Å². The third-order valence-corrected chi connectivity index (χ3v) is 3.47.